The normalized spacial score (nSPS) is 11.2. The standard InChI is InChI=1S/C25H22N6O3/c1-16-13-19(5-6-20(16)25(33)29-34-12-11-32)22-8-9-23-24(27-22)31(30-28-23)15-17-4-7-21-18(14-17)3-2-10-26-21/h2-10,13-14,32H,11-12,15H2,1H3,(H,29,33). The second kappa shape index (κ2) is 9.34. The van der Waals surface area contributed by atoms with Crippen LogP contribution in [0.1, 0.15) is 21.5 Å². The van der Waals surface area contributed by atoms with Gasteiger partial charge in [-0.2, -0.15) is 0 Å². The quantitative estimate of drug-likeness (QED) is 0.287. The number of aryl methyl sites for hydroxylation is 1. The summed E-state index contributed by atoms with van der Waals surface area (Å²) in [5.41, 5.74) is 8.63. The van der Waals surface area contributed by atoms with E-state index < -0.39 is 0 Å². The molecule has 3 aromatic heterocycles. The van der Waals surface area contributed by atoms with Gasteiger partial charge in [-0.15, -0.1) is 5.10 Å². The van der Waals surface area contributed by atoms with Crippen molar-refractivity contribution in [2.45, 2.75) is 13.5 Å². The third-order valence-corrected chi connectivity index (χ3v) is 5.48. The van der Waals surface area contributed by atoms with E-state index in [4.69, 9.17) is 14.9 Å². The monoisotopic (exact) mass is 454 g/mol. The number of pyridine rings is 2. The number of fused-ring (bicyclic) bond motifs is 2. The molecule has 9 nitrogen and oxygen atoms in total. The van der Waals surface area contributed by atoms with E-state index in [-0.39, 0.29) is 19.1 Å². The second-order valence-corrected chi connectivity index (χ2v) is 7.85. The lowest BCUT2D eigenvalue weighted by Crippen LogP contribution is -2.25. The lowest BCUT2D eigenvalue weighted by Gasteiger charge is -2.09. The van der Waals surface area contributed by atoms with Crippen molar-refractivity contribution >= 4 is 28.0 Å². The average Bonchev–Trinajstić information content (AvgIpc) is 3.26. The largest absolute Gasteiger partial charge is 0.394 e. The summed E-state index contributed by atoms with van der Waals surface area (Å²) in [6.07, 6.45) is 1.78. The molecule has 0 aliphatic carbocycles. The molecule has 2 aromatic carbocycles. The molecule has 0 aliphatic rings. The molecule has 5 aromatic rings. The zero-order valence-corrected chi connectivity index (χ0v) is 18.5. The number of aliphatic hydroxyl groups excluding tert-OH is 1. The first-order chi connectivity index (χ1) is 16.6. The minimum Gasteiger partial charge on any atom is -0.394 e. The maximum Gasteiger partial charge on any atom is 0.275 e. The van der Waals surface area contributed by atoms with Gasteiger partial charge in [-0.3, -0.25) is 14.6 Å². The Morgan fingerprint density at radius 1 is 1.09 bits per heavy atom. The minimum atomic E-state index is -0.367. The van der Waals surface area contributed by atoms with Crippen molar-refractivity contribution in [2.75, 3.05) is 13.2 Å². The number of hydrogen-bond acceptors (Lipinski definition) is 7. The van der Waals surface area contributed by atoms with Crippen molar-refractivity contribution in [2.24, 2.45) is 0 Å². The predicted molar refractivity (Wildman–Crippen MR) is 127 cm³/mol. The van der Waals surface area contributed by atoms with Gasteiger partial charge in [0, 0.05) is 22.7 Å². The van der Waals surface area contributed by atoms with Crippen LogP contribution in [0.2, 0.25) is 0 Å². The Hall–Kier alpha value is -4.21. The predicted octanol–water partition coefficient (Wildman–Crippen LogP) is 3.05. The minimum absolute atomic E-state index is 0.0324. The fraction of sp³-hybridized carbons (Fsp3) is 0.160. The molecule has 5 rings (SSSR count). The highest BCUT2D eigenvalue weighted by Gasteiger charge is 2.13. The van der Waals surface area contributed by atoms with Gasteiger partial charge < -0.3 is 5.11 Å². The molecular weight excluding hydrogens is 432 g/mol. The Morgan fingerprint density at radius 2 is 1.97 bits per heavy atom. The number of nitrogens with zero attached hydrogens (tertiary/aromatic N) is 5. The number of hydroxylamine groups is 1. The van der Waals surface area contributed by atoms with E-state index in [0.717, 1.165) is 33.3 Å². The lowest BCUT2D eigenvalue weighted by molar-refractivity contribution is 0.0168. The Balaban J connectivity index is 1.42. The first-order valence-electron chi connectivity index (χ1n) is 10.8. The Labute approximate surface area is 195 Å². The van der Waals surface area contributed by atoms with Gasteiger partial charge in [0.05, 0.1) is 31.0 Å². The van der Waals surface area contributed by atoms with E-state index in [0.29, 0.717) is 23.3 Å². The lowest BCUT2D eigenvalue weighted by atomic mass is 10.0. The van der Waals surface area contributed by atoms with Crippen LogP contribution in [-0.4, -0.2) is 49.2 Å². The number of carbonyl (C=O) groups excluding carboxylic acids is 1. The molecule has 0 saturated carbocycles. The molecule has 170 valence electrons. The maximum absolute atomic E-state index is 12.3. The zero-order valence-electron chi connectivity index (χ0n) is 18.5. The number of carbonyl (C=O) groups is 1. The number of nitrogens with one attached hydrogen (secondary N) is 1. The van der Waals surface area contributed by atoms with Crippen molar-refractivity contribution in [3.8, 4) is 11.3 Å². The van der Waals surface area contributed by atoms with Crippen LogP contribution in [0.4, 0.5) is 0 Å². The van der Waals surface area contributed by atoms with Crippen LogP contribution in [0, 0.1) is 6.92 Å². The van der Waals surface area contributed by atoms with Gasteiger partial charge in [0.25, 0.3) is 5.91 Å². The molecule has 0 aliphatic heterocycles. The summed E-state index contributed by atoms with van der Waals surface area (Å²) in [5, 5.41) is 18.4. The molecule has 34 heavy (non-hydrogen) atoms. The number of benzene rings is 2. The van der Waals surface area contributed by atoms with Crippen LogP contribution in [0.25, 0.3) is 33.3 Å². The first-order valence-corrected chi connectivity index (χ1v) is 10.8. The summed E-state index contributed by atoms with van der Waals surface area (Å²) in [7, 11) is 0. The molecule has 2 N–H and O–H groups in total. The molecule has 3 heterocycles. The van der Waals surface area contributed by atoms with E-state index in [2.05, 4.69) is 26.8 Å². The van der Waals surface area contributed by atoms with Gasteiger partial charge in [-0.1, -0.05) is 23.4 Å². The van der Waals surface area contributed by atoms with E-state index in [1.54, 1.807) is 16.9 Å². The topological polar surface area (TPSA) is 115 Å². The third-order valence-electron chi connectivity index (χ3n) is 5.48. The summed E-state index contributed by atoms with van der Waals surface area (Å²) < 4.78 is 1.78. The molecule has 0 spiro atoms. The first kappa shape index (κ1) is 21.6. The number of hydrogen-bond donors (Lipinski definition) is 2. The van der Waals surface area contributed by atoms with Crippen molar-refractivity contribution in [1.82, 2.24) is 30.4 Å². The van der Waals surface area contributed by atoms with Gasteiger partial charge in [-0.05, 0) is 60.5 Å². The molecule has 0 unspecified atom stereocenters. The smallest absolute Gasteiger partial charge is 0.275 e. The highest BCUT2D eigenvalue weighted by atomic mass is 16.7. The zero-order chi connectivity index (χ0) is 23.5. The fourth-order valence-electron chi connectivity index (χ4n) is 3.81. The number of aromatic nitrogens is 5. The van der Waals surface area contributed by atoms with Crippen molar-refractivity contribution in [3.63, 3.8) is 0 Å². The number of rotatable bonds is 7. The van der Waals surface area contributed by atoms with E-state index >= 15 is 0 Å². The maximum atomic E-state index is 12.3. The van der Waals surface area contributed by atoms with Crippen LogP contribution in [0.3, 0.4) is 0 Å². The van der Waals surface area contributed by atoms with Gasteiger partial charge in [0.2, 0.25) is 0 Å². The highest BCUT2D eigenvalue weighted by Crippen LogP contribution is 2.23. The molecule has 0 bridgehead atoms. The van der Waals surface area contributed by atoms with Gasteiger partial charge >= 0.3 is 0 Å². The van der Waals surface area contributed by atoms with Gasteiger partial charge in [0.1, 0.15) is 5.52 Å². The molecule has 1 amide bonds. The summed E-state index contributed by atoms with van der Waals surface area (Å²) in [6, 6.07) is 19.3. The van der Waals surface area contributed by atoms with Crippen LogP contribution in [0.15, 0.2) is 66.9 Å². The van der Waals surface area contributed by atoms with Crippen LogP contribution in [-0.2, 0) is 11.4 Å². The molecular formula is C25H22N6O3. The molecule has 0 saturated heterocycles. The average molecular weight is 454 g/mol. The second-order valence-electron chi connectivity index (χ2n) is 7.85. The van der Waals surface area contributed by atoms with E-state index in [9.17, 15) is 4.79 Å². The van der Waals surface area contributed by atoms with Gasteiger partial charge in [-0.25, -0.2) is 15.1 Å². The summed E-state index contributed by atoms with van der Waals surface area (Å²) >= 11 is 0. The van der Waals surface area contributed by atoms with Crippen molar-refractivity contribution < 1.29 is 14.7 Å². The summed E-state index contributed by atoms with van der Waals surface area (Å²) in [4.78, 5) is 26.4. The highest BCUT2D eigenvalue weighted by molar-refractivity contribution is 5.95. The molecule has 9 heteroatoms. The van der Waals surface area contributed by atoms with E-state index in [1.807, 2.05) is 55.5 Å². The van der Waals surface area contributed by atoms with Crippen LogP contribution >= 0.6 is 0 Å². The van der Waals surface area contributed by atoms with Crippen LogP contribution < -0.4 is 5.48 Å². The van der Waals surface area contributed by atoms with Crippen LogP contribution in [0.5, 0.6) is 0 Å². The number of amides is 1. The third kappa shape index (κ3) is 4.34. The molecule has 0 radical (unpaired) electrons. The summed E-state index contributed by atoms with van der Waals surface area (Å²) in [5.74, 6) is -0.367. The van der Waals surface area contributed by atoms with Crippen molar-refractivity contribution in [3.05, 3.63) is 83.6 Å². The van der Waals surface area contributed by atoms with E-state index in [1.165, 1.54) is 0 Å². The SMILES string of the molecule is Cc1cc(-c2ccc3nnn(Cc4ccc5ncccc5c4)c3n2)ccc1C(=O)NOCCO. The Bertz CT molecular complexity index is 1500. The Morgan fingerprint density at radius 3 is 2.82 bits per heavy atom. The molecule has 0 fully saturated rings. The molecule has 0 atom stereocenters. The summed E-state index contributed by atoms with van der Waals surface area (Å²) in [6.45, 7) is 2.24. The van der Waals surface area contributed by atoms with Gasteiger partial charge in [0.15, 0.2) is 5.65 Å². The van der Waals surface area contributed by atoms with Crippen molar-refractivity contribution in [1.29, 1.82) is 0 Å². The Kier molecular flexibility index (Phi) is 5.94. The fourth-order valence-corrected chi connectivity index (χ4v) is 3.81. The number of aliphatic hydroxyl groups is 1.